The van der Waals surface area contributed by atoms with Gasteiger partial charge in [-0.25, -0.2) is 0 Å². The average Bonchev–Trinajstić information content (AvgIpc) is 3.07. The number of benzene rings is 1. The van der Waals surface area contributed by atoms with Crippen LogP contribution >= 0.6 is 0 Å². The van der Waals surface area contributed by atoms with Crippen LogP contribution in [0.3, 0.4) is 0 Å². The molecular formula is C16H20N2O3. The number of likely N-dealkylation sites (tertiary alicyclic amines) is 1. The van der Waals surface area contributed by atoms with Gasteiger partial charge < -0.3 is 10.5 Å². The third kappa shape index (κ3) is 2.65. The van der Waals surface area contributed by atoms with E-state index in [1.807, 2.05) is 24.3 Å². The Kier molecular flexibility index (Phi) is 3.92. The largest absolute Gasteiger partial charge is 0.492 e. The predicted octanol–water partition coefficient (Wildman–Crippen LogP) is 1.31. The summed E-state index contributed by atoms with van der Waals surface area (Å²) in [4.78, 5) is 25.7. The van der Waals surface area contributed by atoms with Gasteiger partial charge in [0.05, 0.1) is 18.4 Å². The molecule has 2 aliphatic rings. The second kappa shape index (κ2) is 5.85. The van der Waals surface area contributed by atoms with E-state index in [0.29, 0.717) is 19.7 Å². The summed E-state index contributed by atoms with van der Waals surface area (Å²) in [6.07, 6.45) is 2.70. The summed E-state index contributed by atoms with van der Waals surface area (Å²) in [6, 6.07) is 7.52. The van der Waals surface area contributed by atoms with Crippen molar-refractivity contribution in [1.82, 2.24) is 4.90 Å². The Labute approximate surface area is 124 Å². The predicted molar refractivity (Wildman–Crippen MR) is 77.4 cm³/mol. The van der Waals surface area contributed by atoms with Gasteiger partial charge in [0.1, 0.15) is 12.4 Å². The summed E-state index contributed by atoms with van der Waals surface area (Å²) in [5.74, 6) is 0.573. The first-order chi connectivity index (χ1) is 10.2. The molecule has 0 spiro atoms. The normalized spacial score (nSPS) is 24.5. The molecule has 3 rings (SSSR count). The lowest BCUT2D eigenvalue weighted by molar-refractivity contribution is -0.140. The first kappa shape index (κ1) is 14.1. The summed E-state index contributed by atoms with van der Waals surface area (Å²) < 4.78 is 5.60. The summed E-state index contributed by atoms with van der Waals surface area (Å²) in [5.41, 5.74) is 6.58. The minimum Gasteiger partial charge on any atom is -0.492 e. The number of amides is 2. The maximum Gasteiger partial charge on any atom is 0.233 e. The molecule has 5 nitrogen and oxygen atoms in total. The molecule has 2 amide bonds. The molecule has 1 saturated heterocycles. The SMILES string of the molecule is NCc1ccc(OCCN2C(=O)C3CCCC3C2=O)cc1. The molecule has 0 aromatic heterocycles. The van der Waals surface area contributed by atoms with Gasteiger partial charge in [-0.15, -0.1) is 0 Å². The zero-order valence-corrected chi connectivity index (χ0v) is 12.0. The third-order valence-corrected chi connectivity index (χ3v) is 4.43. The maximum atomic E-state index is 12.2. The number of rotatable bonds is 5. The topological polar surface area (TPSA) is 72.6 Å². The smallest absolute Gasteiger partial charge is 0.233 e. The van der Waals surface area contributed by atoms with Crippen LogP contribution in [-0.4, -0.2) is 29.9 Å². The molecule has 0 bridgehead atoms. The zero-order valence-electron chi connectivity index (χ0n) is 12.0. The van der Waals surface area contributed by atoms with Gasteiger partial charge in [0.25, 0.3) is 0 Å². The van der Waals surface area contributed by atoms with E-state index in [2.05, 4.69) is 0 Å². The zero-order chi connectivity index (χ0) is 14.8. The molecule has 21 heavy (non-hydrogen) atoms. The Balaban J connectivity index is 1.53. The number of carbonyl (C=O) groups is 2. The van der Waals surface area contributed by atoms with E-state index in [4.69, 9.17) is 10.5 Å². The van der Waals surface area contributed by atoms with Gasteiger partial charge in [-0.05, 0) is 30.5 Å². The van der Waals surface area contributed by atoms with Crippen molar-refractivity contribution in [3.8, 4) is 5.75 Å². The van der Waals surface area contributed by atoms with Crippen LogP contribution in [0, 0.1) is 11.8 Å². The molecule has 1 heterocycles. The van der Waals surface area contributed by atoms with Gasteiger partial charge in [0, 0.05) is 6.54 Å². The van der Waals surface area contributed by atoms with Gasteiger partial charge in [-0.1, -0.05) is 18.6 Å². The van der Waals surface area contributed by atoms with Crippen LogP contribution < -0.4 is 10.5 Å². The van der Waals surface area contributed by atoms with Crippen LogP contribution in [0.25, 0.3) is 0 Å². The van der Waals surface area contributed by atoms with E-state index in [-0.39, 0.29) is 23.7 Å². The number of hydrogen-bond donors (Lipinski definition) is 1. The van der Waals surface area contributed by atoms with Crippen molar-refractivity contribution in [3.05, 3.63) is 29.8 Å². The lowest BCUT2D eigenvalue weighted by Gasteiger charge is -2.16. The van der Waals surface area contributed by atoms with Crippen molar-refractivity contribution in [2.24, 2.45) is 17.6 Å². The number of nitrogens with two attached hydrogens (primary N) is 1. The summed E-state index contributed by atoms with van der Waals surface area (Å²) in [6.45, 7) is 1.17. The lowest BCUT2D eigenvalue weighted by Crippen LogP contribution is -2.35. The van der Waals surface area contributed by atoms with E-state index in [1.165, 1.54) is 4.90 Å². The highest BCUT2D eigenvalue weighted by atomic mass is 16.5. The van der Waals surface area contributed by atoms with E-state index in [0.717, 1.165) is 30.6 Å². The molecule has 112 valence electrons. The van der Waals surface area contributed by atoms with E-state index in [9.17, 15) is 9.59 Å². The van der Waals surface area contributed by atoms with Gasteiger partial charge in [0.2, 0.25) is 11.8 Å². The van der Waals surface area contributed by atoms with Crippen molar-refractivity contribution in [2.45, 2.75) is 25.8 Å². The van der Waals surface area contributed by atoms with Gasteiger partial charge in [-0.2, -0.15) is 0 Å². The Bertz CT molecular complexity index is 519. The summed E-state index contributed by atoms with van der Waals surface area (Å²) in [5, 5.41) is 0. The van der Waals surface area contributed by atoms with Crippen molar-refractivity contribution in [2.75, 3.05) is 13.2 Å². The minimum absolute atomic E-state index is 0.00965. The Hall–Kier alpha value is -1.88. The maximum absolute atomic E-state index is 12.2. The fraction of sp³-hybridized carbons (Fsp3) is 0.500. The molecule has 1 aliphatic heterocycles. The van der Waals surface area contributed by atoms with Gasteiger partial charge >= 0.3 is 0 Å². The highest BCUT2D eigenvalue weighted by Crippen LogP contribution is 2.39. The van der Waals surface area contributed by atoms with E-state index < -0.39 is 0 Å². The van der Waals surface area contributed by atoms with Crippen molar-refractivity contribution in [3.63, 3.8) is 0 Å². The monoisotopic (exact) mass is 288 g/mol. The van der Waals surface area contributed by atoms with Crippen molar-refractivity contribution >= 4 is 11.8 Å². The molecular weight excluding hydrogens is 268 g/mol. The number of nitrogens with zero attached hydrogens (tertiary/aromatic N) is 1. The van der Waals surface area contributed by atoms with Crippen molar-refractivity contribution in [1.29, 1.82) is 0 Å². The number of fused-ring (bicyclic) bond motifs is 1. The fourth-order valence-electron chi connectivity index (χ4n) is 3.26. The Morgan fingerprint density at radius 1 is 1.10 bits per heavy atom. The Morgan fingerprint density at radius 2 is 1.71 bits per heavy atom. The molecule has 5 heteroatoms. The van der Waals surface area contributed by atoms with Crippen molar-refractivity contribution < 1.29 is 14.3 Å². The number of carbonyl (C=O) groups excluding carboxylic acids is 2. The average molecular weight is 288 g/mol. The third-order valence-electron chi connectivity index (χ3n) is 4.43. The molecule has 1 saturated carbocycles. The second-order valence-corrected chi connectivity index (χ2v) is 5.67. The van der Waals surface area contributed by atoms with Crippen LogP contribution in [-0.2, 0) is 16.1 Å². The van der Waals surface area contributed by atoms with E-state index in [1.54, 1.807) is 0 Å². The number of imide groups is 1. The van der Waals surface area contributed by atoms with Crippen LogP contribution in [0.1, 0.15) is 24.8 Å². The van der Waals surface area contributed by atoms with Gasteiger partial charge in [0.15, 0.2) is 0 Å². The molecule has 2 N–H and O–H groups in total. The molecule has 0 radical (unpaired) electrons. The minimum atomic E-state index is -0.0682. The van der Waals surface area contributed by atoms with Crippen LogP contribution in [0.15, 0.2) is 24.3 Å². The molecule has 2 unspecified atom stereocenters. The standard InChI is InChI=1S/C16H20N2O3/c17-10-11-4-6-12(7-5-11)21-9-8-18-15(19)13-2-1-3-14(13)16(18)20/h4-7,13-14H,1-3,8-10,17H2. The molecule has 1 aromatic carbocycles. The van der Waals surface area contributed by atoms with Gasteiger partial charge in [-0.3, -0.25) is 14.5 Å². The van der Waals surface area contributed by atoms with Crippen LogP contribution in [0.2, 0.25) is 0 Å². The van der Waals surface area contributed by atoms with Crippen LogP contribution in [0.5, 0.6) is 5.75 Å². The van der Waals surface area contributed by atoms with E-state index >= 15 is 0 Å². The summed E-state index contributed by atoms with van der Waals surface area (Å²) in [7, 11) is 0. The second-order valence-electron chi connectivity index (χ2n) is 5.67. The quantitative estimate of drug-likeness (QED) is 0.829. The molecule has 1 aliphatic carbocycles. The molecule has 2 fully saturated rings. The molecule has 1 aromatic rings. The highest BCUT2D eigenvalue weighted by Gasteiger charge is 2.49. The lowest BCUT2D eigenvalue weighted by atomic mass is 10.00. The number of hydrogen-bond acceptors (Lipinski definition) is 4. The Morgan fingerprint density at radius 3 is 2.29 bits per heavy atom. The molecule has 2 atom stereocenters. The first-order valence-corrected chi connectivity index (χ1v) is 7.47. The number of ether oxygens (including phenoxy) is 1. The summed E-state index contributed by atoms with van der Waals surface area (Å²) >= 11 is 0. The highest BCUT2D eigenvalue weighted by molar-refractivity contribution is 6.05. The fourth-order valence-corrected chi connectivity index (χ4v) is 3.26. The first-order valence-electron chi connectivity index (χ1n) is 7.47. The van der Waals surface area contributed by atoms with Crippen LogP contribution in [0.4, 0.5) is 0 Å².